The third kappa shape index (κ3) is 5.58. The maximum atomic E-state index is 6.27. The Morgan fingerprint density at radius 1 is 1.24 bits per heavy atom. The fourth-order valence-electron chi connectivity index (χ4n) is 4.10. The first kappa shape index (κ1) is 19.4. The molecule has 3 fully saturated rings. The molecular weight excluding hydrogens is 320 g/mol. The average molecular weight is 357 g/mol. The van der Waals surface area contributed by atoms with Gasteiger partial charge in [-0.3, -0.25) is 21.3 Å². The zero-order valence-corrected chi connectivity index (χ0v) is 15.9. The molecule has 3 rings (SSSR count). The topological polar surface area (TPSA) is 81.8 Å². The average Bonchev–Trinajstić information content (AvgIpc) is 3.05. The molecule has 8 nitrogen and oxygen atoms in total. The Balaban J connectivity index is 1.46. The highest BCUT2D eigenvalue weighted by Gasteiger charge is 2.33. The number of hydrogen-bond donors (Lipinski definition) is 5. The standard InChI is InChI=1S/C17H36N6O2/c1-18-15-4-6-19-17(22-15)21-13-8-14(16(24-3)20-9-13)25-11-12-5-7-23(2)10-12/h12-22H,4-11H2,1-3H3/t12-,13?,14?,15?,16?,17?/m1/s1. The summed E-state index contributed by atoms with van der Waals surface area (Å²) in [7, 11) is 5.94. The molecule has 25 heavy (non-hydrogen) atoms. The van der Waals surface area contributed by atoms with Gasteiger partial charge < -0.3 is 19.7 Å². The third-order valence-corrected chi connectivity index (χ3v) is 5.61. The maximum absolute atomic E-state index is 6.27. The summed E-state index contributed by atoms with van der Waals surface area (Å²) in [5.74, 6) is 0.647. The number of methoxy groups -OCH3 is 1. The van der Waals surface area contributed by atoms with E-state index < -0.39 is 0 Å². The SMILES string of the molecule is CNC1CCNC(NC2CNC(OC)C(OC[C@@H]3CCN(C)C3)C2)N1. The van der Waals surface area contributed by atoms with E-state index in [1.807, 2.05) is 7.05 Å². The van der Waals surface area contributed by atoms with Gasteiger partial charge in [0.1, 0.15) is 12.5 Å². The molecule has 0 bridgehead atoms. The van der Waals surface area contributed by atoms with Crippen molar-refractivity contribution in [2.75, 3.05) is 54.0 Å². The van der Waals surface area contributed by atoms with Crippen molar-refractivity contribution in [1.29, 1.82) is 0 Å². The Morgan fingerprint density at radius 2 is 2.12 bits per heavy atom. The second-order valence-corrected chi connectivity index (χ2v) is 7.64. The van der Waals surface area contributed by atoms with E-state index in [0.29, 0.717) is 18.1 Å². The molecule has 0 amide bonds. The molecule has 0 spiro atoms. The van der Waals surface area contributed by atoms with Gasteiger partial charge in [-0.25, -0.2) is 0 Å². The van der Waals surface area contributed by atoms with Crippen LogP contribution in [0.15, 0.2) is 0 Å². The van der Waals surface area contributed by atoms with E-state index in [1.54, 1.807) is 7.11 Å². The Bertz CT molecular complexity index is 401. The van der Waals surface area contributed by atoms with Gasteiger partial charge in [-0.2, -0.15) is 0 Å². The normalized spacial score (nSPS) is 40.4. The molecule has 146 valence electrons. The van der Waals surface area contributed by atoms with Crippen molar-refractivity contribution in [2.24, 2.45) is 5.92 Å². The van der Waals surface area contributed by atoms with Crippen LogP contribution >= 0.6 is 0 Å². The number of rotatable bonds is 7. The van der Waals surface area contributed by atoms with Gasteiger partial charge in [0.2, 0.25) is 0 Å². The lowest BCUT2D eigenvalue weighted by molar-refractivity contribution is -0.101. The van der Waals surface area contributed by atoms with Crippen LogP contribution in [0.3, 0.4) is 0 Å². The van der Waals surface area contributed by atoms with Crippen LogP contribution in [0.1, 0.15) is 19.3 Å². The highest BCUT2D eigenvalue weighted by Crippen LogP contribution is 2.19. The summed E-state index contributed by atoms with van der Waals surface area (Å²) in [6, 6.07) is 0.350. The maximum Gasteiger partial charge on any atom is 0.134 e. The van der Waals surface area contributed by atoms with Gasteiger partial charge in [-0.15, -0.1) is 0 Å². The minimum absolute atomic E-state index is 0.0190. The molecular formula is C17H36N6O2. The highest BCUT2D eigenvalue weighted by molar-refractivity contribution is 4.88. The molecule has 3 aliphatic heterocycles. The lowest BCUT2D eigenvalue weighted by Crippen LogP contribution is -2.68. The zero-order chi connectivity index (χ0) is 17.6. The van der Waals surface area contributed by atoms with E-state index in [9.17, 15) is 0 Å². The lowest BCUT2D eigenvalue weighted by atomic mass is 10.0. The predicted molar refractivity (Wildman–Crippen MR) is 98.1 cm³/mol. The largest absolute Gasteiger partial charge is 0.374 e. The Labute approximate surface area is 151 Å². The molecule has 6 atom stereocenters. The molecule has 0 aromatic rings. The van der Waals surface area contributed by atoms with E-state index >= 15 is 0 Å². The van der Waals surface area contributed by atoms with Crippen LogP contribution in [-0.2, 0) is 9.47 Å². The molecule has 5 N–H and O–H groups in total. The summed E-state index contributed by atoms with van der Waals surface area (Å²) in [5, 5.41) is 17.5. The quantitative estimate of drug-likeness (QED) is 0.384. The van der Waals surface area contributed by atoms with E-state index in [2.05, 4.69) is 38.5 Å². The zero-order valence-electron chi connectivity index (χ0n) is 15.9. The van der Waals surface area contributed by atoms with Crippen LogP contribution in [0.2, 0.25) is 0 Å². The number of piperidine rings is 1. The first-order chi connectivity index (χ1) is 12.2. The van der Waals surface area contributed by atoms with Gasteiger partial charge >= 0.3 is 0 Å². The molecule has 3 aliphatic rings. The molecule has 5 unspecified atom stereocenters. The van der Waals surface area contributed by atoms with Crippen LogP contribution in [0.5, 0.6) is 0 Å². The van der Waals surface area contributed by atoms with Gasteiger partial charge in [-0.05, 0) is 45.8 Å². The van der Waals surface area contributed by atoms with Crippen LogP contribution in [0.25, 0.3) is 0 Å². The minimum atomic E-state index is -0.0190. The van der Waals surface area contributed by atoms with E-state index in [0.717, 1.165) is 39.1 Å². The predicted octanol–water partition coefficient (Wildman–Crippen LogP) is -1.34. The van der Waals surface area contributed by atoms with Crippen molar-refractivity contribution in [1.82, 2.24) is 31.5 Å². The molecule has 0 aromatic carbocycles. The fraction of sp³-hybridized carbons (Fsp3) is 1.00. The smallest absolute Gasteiger partial charge is 0.134 e. The first-order valence-electron chi connectivity index (χ1n) is 9.67. The van der Waals surface area contributed by atoms with Gasteiger partial charge in [-0.1, -0.05) is 0 Å². The van der Waals surface area contributed by atoms with Crippen molar-refractivity contribution >= 4 is 0 Å². The molecule has 3 saturated heterocycles. The van der Waals surface area contributed by atoms with Crippen molar-refractivity contribution in [3.8, 4) is 0 Å². The van der Waals surface area contributed by atoms with Crippen molar-refractivity contribution in [2.45, 2.75) is 50.1 Å². The van der Waals surface area contributed by atoms with E-state index in [1.165, 1.54) is 13.0 Å². The van der Waals surface area contributed by atoms with Gasteiger partial charge in [0.15, 0.2) is 0 Å². The highest BCUT2D eigenvalue weighted by atomic mass is 16.5. The summed E-state index contributed by atoms with van der Waals surface area (Å²) in [6.07, 6.45) is 3.83. The summed E-state index contributed by atoms with van der Waals surface area (Å²) < 4.78 is 11.9. The number of nitrogens with zero attached hydrogens (tertiary/aromatic N) is 1. The molecule has 0 aromatic heterocycles. The number of hydrogen-bond acceptors (Lipinski definition) is 8. The first-order valence-corrected chi connectivity index (χ1v) is 9.67. The van der Waals surface area contributed by atoms with Crippen molar-refractivity contribution in [3.63, 3.8) is 0 Å². The third-order valence-electron chi connectivity index (χ3n) is 5.61. The number of nitrogens with one attached hydrogen (secondary N) is 5. The molecule has 0 aliphatic carbocycles. The van der Waals surface area contributed by atoms with Crippen LogP contribution < -0.4 is 26.6 Å². The Kier molecular flexibility index (Phi) is 7.44. The lowest BCUT2D eigenvalue weighted by Gasteiger charge is -2.40. The summed E-state index contributed by atoms with van der Waals surface area (Å²) >= 11 is 0. The second kappa shape index (κ2) is 9.57. The minimum Gasteiger partial charge on any atom is -0.374 e. The van der Waals surface area contributed by atoms with Crippen LogP contribution in [0.4, 0.5) is 0 Å². The molecule has 0 radical (unpaired) electrons. The van der Waals surface area contributed by atoms with Crippen LogP contribution in [0, 0.1) is 5.92 Å². The number of likely N-dealkylation sites (tertiary alicyclic amines) is 1. The van der Waals surface area contributed by atoms with Gasteiger partial charge in [0.25, 0.3) is 0 Å². The molecule has 3 heterocycles. The Hall–Kier alpha value is -0.320. The van der Waals surface area contributed by atoms with Gasteiger partial charge in [0, 0.05) is 32.8 Å². The monoisotopic (exact) mass is 356 g/mol. The second-order valence-electron chi connectivity index (χ2n) is 7.64. The summed E-state index contributed by atoms with van der Waals surface area (Å²) in [5.41, 5.74) is 0. The van der Waals surface area contributed by atoms with E-state index in [-0.39, 0.29) is 18.6 Å². The van der Waals surface area contributed by atoms with Crippen molar-refractivity contribution in [3.05, 3.63) is 0 Å². The van der Waals surface area contributed by atoms with Gasteiger partial charge in [0.05, 0.1) is 18.9 Å². The van der Waals surface area contributed by atoms with Crippen molar-refractivity contribution < 1.29 is 9.47 Å². The van der Waals surface area contributed by atoms with E-state index in [4.69, 9.17) is 9.47 Å². The molecule has 8 heteroatoms. The molecule has 0 saturated carbocycles. The summed E-state index contributed by atoms with van der Waals surface area (Å²) in [4.78, 5) is 2.38. The summed E-state index contributed by atoms with van der Waals surface area (Å²) in [6.45, 7) is 5.03. The number of ether oxygens (including phenoxy) is 2. The Morgan fingerprint density at radius 3 is 2.84 bits per heavy atom. The van der Waals surface area contributed by atoms with Crippen LogP contribution in [-0.4, -0.2) is 89.7 Å². The fourth-order valence-corrected chi connectivity index (χ4v) is 4.10.